The fourth-order valence-electron chi connectivity index (χ4n) is 2.61. The van der Waals surface area contributed by atoms with Crippen LogP contribution in [0.15, 0.2) is 35.1 Å². The van der Waals surface area contributed by atoms with Crippen LogP contribution in [0.1, 0.15) is 17.2 Å². The molecule has 0 saturated heterocycles. The molecular formula is C15H16N2O4. The molecule has 6 heteroatoms. The van der Waals surface area contributed by atoms with E-state index < -0.39 is 6.09 Å². The number of oxazole rings is 1. The Labute approximate surface area is 122 Å². The van der Waals surface area contributed by atoms with Crippen molar-refractivity contribution in [3.8, 4) is 11.5 Å². The summed E-state index contributed by atoms with van der Waals surface area (Å²) in [6, 6.07) is 5.86. The molecule has 1 amide bonds. The van der Waals surface area contributed by atoms with E-state index in [9.17, 15) is 4.79 Å². The van der Waals surface area contributed by atoms with Crippen LogP contribution in [0.4, 0.5) is 4.79 Å². The number of ether oxygens (including phenoxy) is 1. The lowest BCUT2D eigenvalue weighted by molar-refractivity contribution is 0.0225. The van der Waals surface area contributed by atoms with E-state index in [1.54, 1.807) is 12.5 Å². The molecule has 0 bridgehead atoms. The third-order valence-electron chi connectivity index (χ3n) is 3.66. The Morgan fingerprint density at radius 3 is 3.10 bits per heavy atom. The van der Waals surface area contributed by atoms with Crippen molar-refractivity contribution >= 4 is 6.09 Å². The molecule has 1 aliphatic rings. The van der Waals surface area contributed by atoms with Gasteiger partial charge in [-0.1, -0.05) is 12.1 Å². The third kappa shape index (κ3) is 2.62. The van der Waals surface area contributed by atoms with Gasteiger partial charge in [-0.15, -0.1) is 0 Å². The van der Waals surface area contributed by atoms with Gasteiger partial charge in [-0.05, 0) is 23.6 Å². The van der Waals surface area contributed by atoms with Gasteiger partial charge in [0.25, 0.3) is 0 Å². The van der Waals surface area contributed by atoms with E-state index in [1.807, 2.05) is 18.2 Å². The summed E-state index contributed by atoms with van der Waals surface area (Å²) in [4.78, 5) is 16.4. The molecule has 3 rings (SSSR count). The minimum absolute atomic E-state index is 0.259. The average Bonchev–Trinajstić information content (AvgIpc) is 3.01. The van der Waals surface area contributed by atoms with Crippen molar-refractivity contribution in [1.82, 2.24) is 9.88 Å². The smallest absolute Gasteiger partial charge is 0.407 e. The van der Waals surface area contributed by atoms with Crippen molar-refractivity contribution in [1.29, 1.82) is 0 Å². The molecule has 0 saturated carbocycles. The minimum atomic E-state index is -0.963. The molecule has 1 aromatic heterocycles. The van der Waals surface area contributed by atoms with E-state index >= 15 is 0 Å². The number of carboxylic acid groups (broad SMARTS) is 1. The second kappa shape index (κ2) is 5.57. The summed E-state index contributed by atoms with van der Waals surface area (Å²) < 4.78 is 11.1. The van der Waals surface area contributed by atoms with Crippen LogP contribution in [0.25, 0.3) is 11.5 Å². The van der Waals surface area contributed by atoms with Gasteiger partial charge in [-0.3, -0.25) is 0 Å². The van der Waals surface area contributed by atoms with Gasteiger partial charge in [-0.2, -0.15) is 0 Å². The highest BCUT2D eigenvalue weighted by atomic mass is 16.5. The molecule has 1 atom stereocenters. The molecule has 6 nitrogen and oxygen atoms in total. The van der Waals surface area contributed by atoms with Crippen molar-refractivity contribution in [2.75, 3.05) is 20.2 Å². The summed E-state index contributed by atoms with van der Waals surface area (Å²) in [6.07, 6.45) is 2.70. The summed E-state index contributed by atoms with van der Waals surface area (Å²) in [7, 11) is 1.54. The number of hydrogen-bond donors (Lipinski definition) is 1. The molecule has 0 fully saturated rings. The van der Waals surface area contributed by atoms with Gasteiger partial charge >= 0.3 is 6.09 Å². The maximum atomic E-state index is 11.0. The molecule has 0 aliphatic carbocycles. The first-order valence-electron chi connectivity index (χ1n) is 6.74. The Hall–Kier alpha value is -2.34. The second-order valence-corrected chi connectivity index (χ2v) is 4.98. The molecule has 0 spiro atoms. The van der Waals surface area contributed by atoms with Crippen molar-refractivity contribution < 1.29 is 19.1 Å². The number of fused-ring (bicyclic) bond motifs is 1. The van der Waals surface area contributed by atoms with Gasteiger partial charge in [0.2, 0.25) is 5.89 Å². The fraction of sp³-hybridized carbons (Fsp3) is 0.333. The summed E-state index contributed by atoms with van der Waals surface area (Å²) >= 11 is 0. The van der Waals surface area contributed by atoms with Crippen LogP contribution in [0, 0.1) is 0 Å². The first-order valence-corrected chi connectivity index (χ1v) is 6.74. The standard InChI is InChI=1S/C15H16N2O4/c1-17(15(18)19)9-13-11-3-2-4-12(10(11)5-7-20-13)14-16-6-8-21-14/h2-4,6,8,13H,5,7,9H2,1H3,(H,18,19). The molecule has 21 heavy (non-hydrogen) atoms. The zero-order valence-electron chi connectivity index (χ0n) is 11.7. The van der Waals surface area contributed by atoms with Crippen LogP contribution in [0.2, 0.25) is 0 Å². The summed E-state index contributed by atoms with van der Waals surface area (Å²) in [5.41, 5.74) is 3.07. The average molecular weight is 288 g/mol. The lowest BCUT2D eigenvalue weighted by Gasteiger charge is -2.29. The second-order valence-electron chi connectivity index (χ2n) is 4.98. The van der Waals surface area contributed by atoms with E-state index in [2.05, 4.69) is 4.98 Å². The zero-order valence-corrected chi connectivity index (χ0v) is 11.7. The van der Waals surface area contributed by atoms with Gasteiger partial charge in [0, 0.05) is 12.6 Å². The quantitative estimate of drug-likeness (QED) is 0.939. The number of benzene rings is 1. The molecule has 2 heterocycles. The van der Waals surface area contributed by atoms with E-state index in [4.69, 9.17) is 14.3 Å². The topological polar surface area (TPSA) is 75.8 Å². The Bertz CT molecular complexity index is 639. The molecule has 1 N–H and O–H groups in total. The summed E-state index contributed by atoms with van der Waals surface area (Å²) in [6.45, 7) is 0.861. The summed E-state index contributed by atoms with van der Waals surface area (Å²) in [5.74, 6) is 0.582. The predicted octanol–water partition coefficient (Wildman–Crippen LogP) is 2.57. The van der Waals surface area contributed by atoms with Gasteiger partial charge in [-0.25, -0.2) is 9.78 Å². The first-order chi connectivity index (χ1) is 10.2. The first kappa shape index (κ1) is 13.6. The molecule has 2 aromatic rings. The normalized spacial score (nSPS) is 17.3. The summed E-state index contributed by atoms with van der Waals surface area (Å²) in [5, 5.41) is 9.01. The number of rotatable bonds is 3. The lowest BCUT2D eigenvalue weighted by Crippen LogP contribution is -2.32. The van der Waals surface area contributed by atoms with Crippen molar-refractivity contribution in [2.45, 2.75) is 12.5 Å². The van der Waals surface area contributed by atoms with E-state index in [0.29, 0.717) is 19.0 Å². The van der Waals surface area contributed by atoms with Gasteiger partial charge in [0.15, 0.2) is 0 Å². The van der Waals surface area contributed by atoms with Crippen LogP contribution < -0.4 is 0 Å². The van der Waals surface area contributed by atoms with Gasteiger partial charge < -0.3 is 19.2 Å². The highest BCUT2D eigenvalue weighted by Crippen LogP contribution is 2.34. The number of amides is 1. The van der Waals surface area contributed by atoms with Gasteiger partial charge in [0.05, 0.1) is 19.3 Å². The van der Waals surface area contributed by atoms with Crippen LogP contribution in [0.3, 0.4) is 0 Å². The molecule has 1 aliphatic heterocycles. The zero-order chi connectivity index (χ0) is 14.8. The van der Waals surface area contributed by atoms with E-state index in [1.165, 1.54) is 11.9 Å². The monoisotopic (exact) mass is 288 g/mol. The fourth-order valence-corrected chi connectivity index (χ4v) is 2.61. The Balaban J connectivity index is 1.95. The maximum Gasteiger partial charge on any atom is 0.407 e. The predicted molar refractivity (Wildman–Crippen MR) is 75.0 cm³/mol. The Morgan fingerprint density at radius 2 is 2.38 bits per heavy atom. The SMILES string of the molecule is CN(CC1OCCc2c(-c3ncco3)cccc21)C(=O)O. The number of likely N-dealkylation sites (N-methyl/N-ethyl adjacent to an activating group) is 1. The lowest BCUT2D eigenvalue weighted by atomic mass is 9.92. The molecular weight excluding hydrogens is 272 g/mol. The third-order valence-corrected chi connectivity index (χ3v) is 3.66. The molecule has 1 unspecified atom stereocenters. The Morgan fingerprint density at radius 1 is 1.52 bits per heavy atom. The van der Waals surface area contributed by atoms with E-state index in [0.717, 1.165) is 23.1 Å². The number of hydrogen-bond acceptors (Lipinski definition) is 4. The highest BCUT2D eigenvalue weighted by Gasteiger charge is 2.26. The molecule has 110 valence electrons. The van der Waals surface area contributed by atoms with Crippen molar-refractivity contribution in [2.24, 2.45) is 0 Å². The largest absolute Gasteiger partial charge is 0.465 e. The van der Waals surface area contributed by atoms with Crippen LogP contribution >= 0.6 is 0 Å². The van der Waals surface area contributed by atoms with Crippen molar-refractivity contribution in [3.63, 3.8) is 0 Å². The van der Waals surface area contributed by atoms with Gasteiger partial charge in [0.1, 0.15) is 12.4 Å². The van der Waals surface area contributed by atoms with Crippen LogP contribution in [-0.2, 0) is 11.2 Å². The van der Waals surface area contributed by atoms with Crippen LogP contribution in [0.5, 0.6) is 0 Å². The van der Waals surface area contributed by atoms with E-state index in [-0.39, 0.29) is 6.10 Å². The van der Waals surface area contributed by atoms with Crippen molar-refractivity contribution in [3.05, 3.63) is 41.8 Å². The van der Waals surface area contributed by atoms with Crippen LogP contribution in [-0.4, -0.2) is 41.3 Å². The molecule has 0 radical (unpaired) electrons. The minimum Gasteiger partial charge on any atom is -0.465 e. The highest BCUT2D eigenvalue weighted by molar-refractivity contribution is 5.65. The Kier molecular flexibility index (Phi) is 3.62. The molecule has 1 aromatic carbocycles. The number of aromatic nitrogens is 1. The number of nitrogens with zero attached hydrogens (tertiary/aromatic N) is 2. The number of carbonyl (C=O) groups is 1. The maximum absolute atomic E-state index is 11.0.